The minimum absolute atomic E-state index is 0.353. The molecule has 0 spiro atoms. The van der Waals surface area contributed by atoms with E-state index in [1.807, 2.05) is 18.2 Å². The molecule has 21 heavy (non-hydrogen) atoms. The Balaban J connectivity index is 2.20. The van der Waals surface area contributed by atoms with Crippen molar-refractivity contribution in [3.8, 4) is 22.5 Å². The fourth-order valence-corrected chi connectivity index (χ4v) is 2.38. The Bertz CT molecular complexity index is 955. The number of aromatic nitrogens is 5. The molecule has 0 fully saturated rings. The predicted molar refractivity (Wildman–Crippen MR) is 75.4 cm³/mol. The van der Waals surface area contributed by atoms with E-state index in [0.29, 0.717) is 22.4 Å². The summed E-state index contributed by atoms with van der Waals surface area (Å²) in [5.74, 6) is 0. The summed E-state index contributed by atoms with van der Waals surface area (Å²) in [6.07, 6.45) is 3.12. The van der Waals surface area contributed by atoms with Gasteiger partial charge in [-0.2, -0.15) is 20.5 Å². The maximum Gasteiger partial charge on any atom is 0.346 e. The molecule has 0 aliphatic rings. The summed E-state index contributed by atoms with van der Waals surface area (Å²) in [6, 6.07) is 9.14. The van der Waals surface area contributed by atoms with Crippen LogP contribution < -0.4 is 5.63 Å². The lowest BCUT2D eigenvalue weighted by molar-refractivity contribution is 0.563. The van der Waals surface area contributed by atoms with Gasteiger partial charge in [0.05, 0.1) is 17.5 Å². The molecule has 0 aliphatic heterocycles. The van der Waals surface area contributed by atoms with Gasteiger partial charge in [-0.3, -0.25) is 5.10 Å². The molecule has 0 unspecified atom stereocenters. The van der Waals surface area contributed by atoms with Crippen molar-refractivity contribution in [3.05, 3.63) is 53.1 Å². The smallest absolute Gasteiger partial charge is 0.346 e. The van der Waals surface area contributed by atoms with Crippen LogP contribution in [0.3, 0.4) is 0 Å². The highest BCUT2D eigenvalue weighted by Crippen LogP contribution is 2.33. The number of benzene rings is 1. The average molecular weight is 279 g/mol. The SMILES string of the molecule is O=c1oc2ccccc2c(-c2ccn[nH]2)c1-c1cn[nH]n1. The first-order valence-electron chi connectivity index (χ1n) is 6.26. The van der Waals surface area contributed by atoms with Crippen molar-refractivity contribution in [2.24, 2.45) is 0 Å². The van der Waals surface area contributed by atoms with Crippen LogP contribution in [0.5, 0.6) is 0 Å². The number of rotatable bonds is 2. The highest BCUT2D eigenvalue weighted by molar-refractivity contribution is 5.99. The van der Waals surface area contributed by atoms with Gasteiger partial charge in [0.2, 0.25) is 0 Å². The molecule has 2 N–H and O–H groups in total. The van der Waals surface area contributed by atoms with Gasteiger partial charge >= 0.3 is 5.63 Å². The number of hydrogen-bond acceptors (Lipinski definition) is 5. The summed E-state index contributed by atoms with van der Waals surface area (Å²) < 4.78 is 5.38. The quantitative estimate of drug-likeness (QED) is 0.546. The van der Waals surface area contributed by atoms with E-state index >= 15 is 0 Å². The van der Waals surface area contributed by atoms with Crippen LogP contribution in [0.15, 0.2) is 51.9 Å². The number of H-pyrrole nitrogens is 2. The molecule has 0 saturated carbocycles. The highest BCUT2D eigenvalue weighted by atomic mass is 16.4. The number of hydrogen-bond donors (Lipinski definition) is 2. The molecule has 7 heteroatoms. The van der Waals surface area contributed by atoms with Crippen molar-refractivity contribution in [1.29, 1.82) is 0 Å². The third kappa shape index (κ3) is 1.75. The van der Waals surface area contributed by atoms with Crippen molar-refractivity contribution < 1.29 is 4.42 Å². The molecule has 0 aliphatic carbocycles. The summed E-state index contributed by atoms with van der Waals surface area (Å²) in [7, 11) is 0. The Kier molecular flexibility index (Phi) is 2.43. The molecule has 3 aromatic heterocycles. The van der Waals surface area contributed by atoms with Crippen molar-refractivity contribution in [3.63, 3.8) is 0 Å². The number of para-hydroxylation sites is 1. The first kappa shape index (κ1) is 11.6. The maximum atomic E-state index is 12.4. The molecule has 0 saturated heterocycles. The molecule has 7 nitrogen and oxygen atoms in total. The third-order valence-corrected chi connectivity index (χ3v) is 3.25. The zero-order valence-electron chi connectivity index (χ0n) is 10.7. The zero-order chi connectivity index (χ0) is 14.2. The van der Waals surface area contributed by atoms with Crippen LogP contribution in [0.4, 0.5) is 0 Å². The second-order valence-electron chi connectivity index (χ2n) is 4.46. The zero-order valence-corrected chi connectivity index (χ0v) is 10.7. The van der Waals surface area contributed by atoms with Crippen LogP contribution in [0.25, 0.3) is 33.5 Å². The van der Waals surface area contributed by atoms with Crippen molar-refractivity contribution in [1.82, 2.24) is 25.6 Å². The fourth-order valence-electron chi connectivity index (χ4n) is 2.38. The molecule has 0 amide bonds. The van der Waals surface area contributed by atoms with Crippen LogP contribution in [-0.4, -0.2) is 25.6 Å². The van der Waals surface area contributed by atoms with Crippen molar-refractivity contribution >= 4 is 11.0 Å². The molecule has 1 aromatic carbocycles. The van der Waals surface area contributed by atoms with Gasteiger partial charge in [0.1, 0.15) is 11.3 Å². The van der Waals surface area contributed by atoms with E-state index < -0.39 is 5.63 Å². The molecular weight excluding hydrogens is 270 g/mol. The van der Waals surface area contributed by atoms with E-state index in [1.54, 1.807) is 18.3 Å². The van der Waals surface area contributed by atoms with E-state index in [1.165, 1.54) is 6.20 Å². The van der Waals surface area contributed by atoms with Crippen molar-refractivity contribution in [2.45, 2.75) is 0 Å². The van der Waals surface area contributed by atoms with E-state index in [4.69, 9.17) is 4.42 Å². The highest BCUT2D eigenvalue weighted by Gasteiger charge is 2.20. The minimum Gasteiger partial charge on any atom is -0.422 e. The standard InChI is InChI=1S/C14H9N5O2/c20-14-13(10-7-16-19-18-10)12(9-5-6-15-17-9)8-3-1-2-4-11(8)21-14/h1-7H,(H,15,17)(H,16,18,19). The van der Waals surface area contributed by atoms with E-state index in [-0.39, 0.29) is 0 Å². The number of nitrogens with one attached hydrogen (secondary N) is 2. The number of aromatic amines is 2. The summed E-state index contributed by atoms with van der Waals surface area (Å²) in [5, 5.41) is 17.9. The summed E-state index contributed by atoms with van der Waals surface area (Å²) >= 11 is 0. The Hall–Kier alpha value is -3.22. The van der Waals surface area contributed by atoms with Crippen LogP contribution >= 0.6 is 0 Å². The third-order valence-electron chi connectivity index (χ3n) is 3.25. The Labute approximate surface area is 117 Å². The molecule has 102 valence electrons. The molecule has 4 rings (SSSR count). The molecule has 0 radical (unpaired) electrons. The van der Waals surface area contributed by atoms with Gasteiger partial charge in [-0.1, -0.05) is 18.2 Å². The van der Waals surface area contributed by atoms with Gasteiger partial charge in [0.15, 0.2) is 0 Å². The van der Waals surface area contributed by atoms with Crippen LogP contribution in [-0.2, 0) is 0 Å². The maximum absolute atomic E-state index is 12.4. The largest absolute Gasteiger partial charge is 0.422 e. The fraction of sp³-hybridized carbons (Fsp3) is 0. The average Bonchev–Trinajstić information content (AvgIpc) is 3.19. The first-order chi connectivity index (χ1) is 10.3. The normalized spacial score (nSPS) is 11.0. The van der Waals surface area contributed by atoms with Gasteiger partial charge < -0.3 is 4.42 Å². The molecule has 4 aromatic rings. The van der Waals surface area contributed by atoms with Crippen LogP contribution in [0, 0.1) is 0 Å². The molecule has 0 atom stereocenters. The van der Waals surface area contributed by atoms with E-state index in [2.05, 4.69) is 25.6 Å². The second-order valence-corrected chi connectivity index (χ2v) is 4.46. The predicted octanol–water partition coefficient (Wildman–Crippen LogP) is 1.97. The van der Waals surface area contributed by atoms with Crippen LogP contribution in [0.2, 0.25) is 0 Å². The lowest BCUT2D eigenvalue weighted by Gasteiger charge is -2.07. The summed E-state index contributed by atoms with van der Waals surface area (Å²) in [6.45, 7) is 0. The summed E-state index contributed by atoms with van der Waals surface area (Å²) in [4.78, 5) is 12.4. The van der Waals surface area contributed by atoms with Gasteiger partial charge in [-0.05, 0) is 12.1 Å². The first-order valence-corrected chi connectivity index (χ1v) is 6.26. The Morgan fingerprint density at radius 3 is 2.71 bits per heavy atom. The van der Waals surface area contributed by atoms with Crippen LogP contribution in [0.1, 0.15) is 0 Å². The second kappa shape index (κ2) is 4.41. The van der Waals surface area contributed by atoms with E-state index in [9.17, 15) is 4.79 Å². The lowest BCUT2D eigenvalue weighted by Crippen LogP contribution is -2.06. The molecular formula is C14H9N5O2. The number of fused-ring (bicyclic) bond motifs is 1. The minimum atomic E-state index is -0.466. The van der Waals surface area contributed by atoms with Crippen molar-refractivity contribution in [2.75, 3.05) is 0 Å². The van der Waals surface area contributed by atoms with Gasteiger partial charge in [0.25, 0.3) is 0 Å². The molecule has 0 bridgehead atoms. The monoisotopic (exact) mass is 279 g/mol. The van der Waals surface area contributed by atoms with E-state index in [0.717, 1.165) is 11.1 Å². The van der Waals surface area contributed by atoms with Gasteiger partial charge in [-0.15, -0.1) is 0 Å². The number of nitrogens with zero attached hydrogens (tertiary/aromatic N) is 3. The topological polar surface area (TPSA) is 100 Å². The molecule has 3 heterocycles. The van der Waals surface area contributed by atoms with Gasteiger partial charge in [0, 0.05) is 17.1 Å². The Morgan fingerprint density at radius 1 is 1.05 bits per heavy atom. The Morgan fingerprint density at radius 2 is 1.95 bits per heavy atom. The lowest BCUT2D eigenvalue weighted by atomic mass is 10.00. The van der Waals surface area contributed by atoms with Gasteiger partial charge in [-0.25, -0.2) is 4.79 Å². The summed E-state index contributed by atoms with van der Waals surface area (Å²) in [5.41, 5.74) is 2.25.